The van der Waals surface area contributed by atoms with Crippen molar-refractivity contribution in [3.8, 4) is 0 Å². The van der Waals surface area contributed by atoms with Crippen molar-refractivity contribution in [1.82, 2.24) is 15.6 Å². The topological polar surface area (TPSA) is 71.1 Å². The van der Waals surface area contributed by atoms with Crippen LogP contribution in [0.1, 0.15) is 67.5 Å². The summed E-state index contributed by atoms with van der Waals surface area (Å²) in [6, 6.07) is 13.0. The molecule has 1 aromatic heterocycles. The minimum Gasteiger partial charge on any atom is -0.350 e. The van der Waals surface area contributed by atoms with Crippen LogP contribution in [0, 0.1) is 17.8 Å². The Morgan fingerprint density at radius 1 is 1.03 bits per heavy atom. The first-order valence-corrected chi connectivity index (χ1v) is 12.7. The van der Waals surface area contributed by atoms with E-state index >= 15 is 0 Å². The van der Waals surface area contributed by atoms with Gasteiger partial charge in [0.25, 0.3) is 5.91 Å². The van der Waals surface area contributed by atoms with Crippen molar-refractivity contribution in [3.63, 3.8) is 0 Å². The molecular weight excluding hydrogens is 418 g/mol. The number of nitrogens with one attached hydrogen (secondary N) is 2. The lowest BCUT2D eigenvalue weighted by Crippen LogP contribution is -2.60. The lowest BCUT2D eigenvalue weighted by Gasteiger charge is -2.56. The van der Waals surface area contributed by atoms with Gasteiger partial charge < -0.3 is 10.6 Å². The summed E-state index contributed by atoms with van der Waals surface area (Å²) in [5.41, 5.74) is 1.45. The minimum absolute atomic E-state index is 0.0292. The maximum atomic E-state index is 12.9. The number of thioether (sulfide) groups is 1. The predicted octanol–water partition coefficient (Wildman–Crippen LogP) is 4.75. The van der Waals surface area contributed by atoms with Crippen LogP contribution in [-0.2, 0) is 4.79 Å². The quantitative estimate of drug-likeness (QED) is 0.599. The number of rotatable bonds is 7. The Balaban J connectivity index is 1.20. The molecule has 168 valence electrons. The predicted molar refractivity (Wildman–Crippen MR) is 126 cm³/mol. The summed E-state index contributed by atoms with van der Waals surface area (Å²) < 4.78 is 0. The van der Waals surface area contributed by atoms with Gasteiger partial charge in [-0.2, -0.15) is 0 Å². The van der Waals surface area contributed by atoms with Gasteiger partial charge in [0.1, 0.15) is 0 Å². The molecule has 4 saturated carbocycles. The van der Waals surface area contributed by atoms with Crippen LogP contribution >= 0.6 is 11.8 Å². The van der Waals surface area contributed by atoms with Crippen molar-refractivity contribution in [2.75, 3.05) is 5.75 Å². The number of benzene rings is 1. The zero-order valence-electron chi connectivity index (χ0n) is 18.5. The van der Waals surface area contributed by atoms with E-state index in [9.17, 15) is 9.59 Å². The van der Waals surface area contributed by atoms with Crippen LogP contribution < -0.4 is 10.6 Å². The van der Waals surface area contributed by atoms with Gasteiger partial charge in [0.15, 0.2) is 0 Å². The van der Waals surface area contributed by atoms with E-state index < -0.39 is 0 Å². The molecule has 1 unspecified atom stereocenters. The Bertz CT molecular complexity index is 958. The molecule has 4 aliphatic rings. The number of pyridine rings is 1. The average Bonchev–Trinajstić information content (AvgIpc) is 2.77. The van der Waals surface area contributed by atoms with Crippen molar-refractivity contribution in [2.24, 2.45) is 17.8 Å². The smallest absolute Gasteiger partial charge is 0.252 e. The summed E-state index contributed by atoms with van der Waals surface area (Å²) >= 11 is 1.45. The number of nitrogens with zero attached hydrogens (tertiary/aromatic N) is 1. The molecule has 1 heterocycles. The van der Waals surface area contributed by atoms with Gasteiger partial charge in [-0.3, -0.25) is 14.6 Å². The number of hydrogen-bond donors (Lipinski definition) is 2. The number of carbonyl (C=O) groups is 2. The molecule has 0 radical (unpaired) electrons. The third kappa shape index (κ3) is 4.56. The Hall–Kier alpha value is -2.34. The lowest BCUT2D eigenvalue weighted by molar-refractivity contribution is -0.124. The maximum absolute atomic E-state index is 12.9. The Morgan fingerprint density at radius 3 is 2.34 bits per heavy atom. The second-order valence-corrected chi connectivity index (χ2v) is 11.0. The molecule has 0 aliphatic heterocycles. The van der Waals surface area contributed by atoms with E-state index in [1.54, 1.807) is 6.20 Å². The highest BCUT2D eigenvalue weighted by Crippen LogP contribution is 2.55. The van der Waals surface area contributed by atoms with E-state index in [1.807, 2.05) is 49.4 Å². The molecule has 0 spiro atoms. The van der Waals surface area contributed by atoms with Crippen LogP contribution in [0.2, 0.25) is 0 Å². The zero-order valence-corrected chi connectivity index (χ0v) is 19.4. The average molecular weight is 450 g/mol. The first-order valence-electron chi connectivity index (χ1n) is 11.7. The number of amides is 2. The Kier molecular flexibility index (Phi) is 5.97. The number of hydrogen-bond acceptors (Lipinski definition) is 4. The van der Waals surface area contributed by atoms with Crippen LogP contribution in [-0.4, -0.2) is 28.1 Å². The van der Waals surface area contributed by atoms with Crippen molar-refractivity contribution in [3.05, 3.63) is 59.9 Å². The fourth-order valence-corrected chi connectivity index (χ4v) is 7.35. The van der Waals surface area contributed by atoms with E-state index in [4.69, 9.17) is 0 Å². The van der Waals surface area contributed by atoms with Gasteiger partial charge >= 0.3 is 0 Å². The zero-order chi connectivity index (χ0) is 22.1. The third-order valence-corrected chi connectivity index (χ3v) is 8.49. The summed E-state index contributed by atoms with van der Waals surface area (Å²) in [5.74, 6) is 2.70. The van der Waals surface area contributed by atoms with Crippen LogP contribution in [0.5, 0.6) is 0 Å². The SMILES string of the molecule is CC(NC(=O)c1ccccc1SCC(=O)NC12CC3CC(CC(C3)C1)C2)c1ccccn1. The van der Waals surface area contributed by atoms with E-state index in [0.29, 0.717) is 11.3 Å². The van der Waals surface area contributed by atoms with Crippen LogP contribution in [0.25, 0.3) is 0 Å². The van der Waals surface area contributed by atoms with Crippen molar-refractivity contribution < 1.29 is 9.59 Å². The molecule has 4 fully saturated rings. The molecule has 32 heavy (non-hydrogen) atoms. The van der Waals surface area contributed by atoms with Crippen LogP contribution in [0.3, 0.4) is 0 Å². The van der Waals surface area contributed by atoms with E-state index in [2.05, 4.69) is 15.6 Å². The van der Waals surface area contributed by atoms with Crippen molar-refractivity contribution in [2.45, 2.75) is 61.9 Å². The van der Waals surface area contributed by atoms with E-state index in [0.717, 1.165) is 47.6 Å². The molecule has 2 aromatic rings. The minimum atomic E-state index is -0.193. The summed E-state index contributed by atoms with van der Waals surface area (Å²) in [6.45, 7) is 1.93. The maximum Gasteiger partial charge on any atom is 0.252 e. The van der Waals surface area contributed by atoms with Gasteiger partial charge in [-0.05, 0) is 87.5 Å². The first-order chi connectivity index (χ1) is 15.5. The Labute approximate surface area is 194 Å². The summed E-state index contributed by atoms with van der Waals surface area (Å²) in [7, 11) is 0. The van der Waals surface area contributed by atoms with Crippen molar-refractivity contribution in [1.29, 1.82) is 0 Å². The second-order valence-electron chi connectivity index (χ2n) is 9.98. The highest BCUT2D eigenvalue weighted by Gasteiger charge is 2.51. The van der Waals surface area contributed by atoms with E-state index in [-0.39, 0.29) is 23.4 Å². The van der Waals surface area contributed by atoms with Gasteiger partial charge in [-0.25, -0.2) is 0 Å². The lowest BCUT2D eigenvalue weighted by atomic mass is 9.53. The van der Waals surface area contributed by atoms with Gasteiger partial charge in [0.2, 0.25) is 5.91 Å². The number of carbonyl (C=O) groups excluding carboxylic acids is 2. The molecule has 6 rings (SSSR count). The standard InChI is InChI=1S/C26H31N3O2S/c1-17(22-7-4-5-9-27-22)28-25(31)21-6-2-3-8-23(21)32-16-24(30)29-26-13-18-10-19(14-26)12-20(11-18)15-26/h2-9,17-20H,10-16H2,1H3,(H,28,31)(H,29,30). The summed E-state index contributed by atoms with van der Waals surface area (Å²) in [5, 5.41) is 6.46. The fraction of sp³-hybridized carbons (Fsp3) is 0.500. The molecule has 2 amide bonds. The van der Waals surface area contributed by atoms with Gasteiger partial charge in [0, 0.05) is 16.6 Å². The monoisotopic (exact) mass is 449 g/mol. The molecule has 5 nitrogen and oxygen atoms in total. The molecule has 1 aromatic carbocycles. The highest BCUT2D eigenvalue weighted by atomic mass is 32.2. The summed E-state index contributed by atoms with van der Waals surface area (Å²) in [6.07, 6.45) is 9.28. The molecule has 0 saturated heterocycles. The van der Waals surface area contributed by atoms with Crippen molar-refractivity contribution >= 4 is 23.6 Å². The fourth-order valence-electron chi connectivity index (χ4n) is 6.50. The molecular formula is C26H31N3O2S. The van der Waals surface area contributed by atoms with Gasteiger partial charge in [-0.1, -0.05) is 18.2 Å². The number of aromatic nitrogens is 1. The van der Waals surface area contributed by atoms with Gasteiger partial charge in [0.05, 0.1) is 23.1 Å². The highest BCUT2D eigenvalue weighted by molar-refractivity contribution is 8.00. The molecule has 4 aliphatic carbocycles. The Morgan fingerprint density at radius 2 is 1.69 bits per heavy atom. The third-order valence-electron chi connectivity index (χ3n) is 7.41. The molecule has 1 atom stereocenters. The van der Waals surface area contributed by atoms with E-state index in [1.165, 1.54) is 31.0 Å². The van der Waals surface area contributed by atoms with Gasteiger partial charge in [-0.15, -0.1) is 11.8 Å². The molecule has 6 heteroatoms. The largest absolute Gasteiger partial charge is 0.350 e. The van der Waals surface area contributed by atoms with Crippen LogP contribution in [0.4, 0.5) is 0 Å². The normalized spacial score (nSPS) is 28.8. The molecule has 4 bridgehead atoms. The summed E-state index contributed by atoms with van der Waals surface area (Å²) in [4.78, 5) is 31.0. The second kappa shape index (κ2) is 8.89. The first kappa shape index (κ1) is 21.5. The van der Waals surface area contributed by atoms with Crippen LogP contribution in [0.15, 0.2) is 53.6 Å². The molecule has 2 N–H and O–H groups in total.